The summed E-state index contributed by atoms with van der Waals surface area (Å²) >= 11 is 1.34. The molecule has 2 rings (SSSR count). The number of likely N-dealkylation sites (N-methyl/N-ethyl adjacent to an activating group) is 1. The molecule has 30 heavy (non-hydrogen) atoms. The minimum atomic E-state index is -0.487. The van der Waals surface area contributed by atoms with Gasteiger partial charge in [-0.15, -0.1) is 11.3 Å². The van der Waals surface area contributed by atoms with Gasteiger partial charge >= 0.3 is 0 Å². The van der Waals surface area contributed by atoms with Gasteiger partial charge in [0.25, 0.3) is 5.91 Å². The highest BCUT2D eigenvalue weighted by Gasteiger charge is 2.26. The van der Waals surface area contributed by atoms with E-state index in [9.17, 15) is 14.4 Å². The van der Waals surface area contributed by atoms with Crippen LogP contribution in [0.15, 0.2) is 6.07 Å². The number of thiophene rings is 1. The van der Waals surface area contributed by atoms with Crippen LogP contribution in [0.1, 0.15) is 56.3 Å². The molecular formula is C22H36N4O3S. The second-order valence-corrected chi connectivity index (χ2v) is 9.87. The van der Waals surface area contributed by atoms with Crippen LogP contribution in [0, 0.1) is 12.3 Å². The van der Waals surface area contributed by atoms with Crippen LogP contribution < -0.4 is 5.32 Å². The van der Waals surface area contributed by atoms with E-state index in [1.165, 1.54) is 11.3 Å². The van der Waals surface area contributed by atoms with Gasteiger partial charge < -0.3 is 15.1 Å². The molecule has 1 N–H and O–H groups in total. The molecule has 2 heterocycles. The fraction of sp³-hybridized carbons (Fsp3) is 0.682. The smallest absolute Gasteiger partial charge is 0.264 e. The van der Waals surface area contributed by atoms with E-state index in [-0.39, 0.29) is 17.7 Å². The van der Waals surface area contributed by atoms with Gasteiger partial charge in [-0.25, -0.2) is 0 Å². The van der Waals surface area contributed by atoms with Crippen LogP contribution >= 0.6 is 11.3 Å². The second-order valence-electron chi connectivity index (χ2n) is 8.81. The molecule has 0 spiro atoms. The Hall–Kier alpha value is -1.93. The summed E-state index contributed by atoms with van der Waals surface area (Å²) in [4.78, 5) is 44.3. The van der Waals surface area contributed by atoms with Gasteiger partial charge in [-0.1, -0.05) is 20.8 Å². The molecule has 0 saturated carbocycles. The van der Waals surface area contributed by atoms with Crippen LogP contribution in [0.3, 0.4) is 0 Å². The summed E-state index contributed by atoms with van der Waals surface area (Å²) in [6, 6.07) is 1.87. The van der Waals surface area contributed by atoms with Crippen LogP contribution in [0.25, 0.3) is 0 Å². The van der Waals surface area contributed by atoms with E-state index >= 15 is 0 Å². The minimum absolute atomic E-state index is 0.00526. The normalized spacial score (nSPS) is 15.6. The Bertz CT molecular complexity index is 765. The maximum atomic E-state index is 13.1. The van der Waals surface area contributed by atoms with E-state index in [4.69, 9.17) is 0 Å². The zero-order valence-corrected chi connectivity index (χ0v) is 20.0. The first-order chi connectivity index (χ1) is 14.1. The zero-order valence-electron chi connectivity index (χ0n) is 19.2. The fourth-order valence-electron chi connectivity index (χ4n) is 3.40. The quantitative estimate of drug-likeness (QED) is 0.744. The molecule has 1 aromatic rings. The number of anilines is 1. The first-order valence-corrected chi connectivity index (χ1v) is 11.6. The van der Waals surface area contributed by atoms with E-state index in [0.717, 1.165) is 31.6 Å². The molecule has 8 heteroatoms. The number of hydrogen-bond donors (Lipinski definition) is 1. The first-order valence-electron chi connectivity index (χ1n) is 10.8. The Balaban J connectivity index is 2.00. The average Bonchev–Trinajstić information content (AvgIpc) is 2.87. The van der Waals surface area contributed by atoms with Crippen LogP contribution in [0.4, 0.5) is 5.00 Å². The highest BCUT2D eigenvalue weighted by Crippen LogP contribution is 2.29. The number of nitrogens with one attached hydrogen (secondary N) is 1. The molecule has 0 aliphatic carbocycles. The Kier molecular flexibility index (Phi) is 8.43. The molecule has 0 atom stereocenters. The summed E-state index contributed by atoms with van der Waals surface area (Å²) < 4.78 is 0. The number of rotatable bonds is 6. The van der Waals surface area contributed by atoms with Crippen molar-refractivity contribution in [1.29, 1.82) is 0 Å². The molecule has 168 valence electrons. The predicted molar refractivity (Wildman–Crippen MR) is 122 cm³/mol. The molecule has 1 aliphatic rings. The van der Waals surface area contributed by atoms with E-state index in [1.54, 1.807) is 0 Å². The third kappa shape index (κ3) is 6.28. The topological polar surface area (TPSA) is 73.0 Å². The molecular weight excluding hydrogens is 400 g/mol. The highest BCUT2D eigenvalue weighted by molar-refractivity contribution is 7.18. The van der Waals surface area contributed by atoms with Crippen LogP contribution in [-0.4, -0.2) is 78.2 Å². The van der Waals surface area contributed by atoms with Crippen molar-refractivity contribution in [3.63, 3.8) is 0 Å². The number of amides is 3. The molecule has 1 aliphatic heterocycles. The van der Waals surface area contributed by atoms with Crippen LogP contribution in [0.5, 0.6) is 0 Å². The maximum Gasteiger partial charge on any atom is 0.264 e. The lowest BCUT2D eigenvalue weighted by molar-refractivity contribution is -0.132. The molecule has 1 fully saturated rings. The number of nitrogens with zero attached hydrogens (tertiary/aromatic N) is 3. The number of hydrogen-bond acceptors (Lipinski definition) is 5. The van der Waals surface area contributed by atoms with Gasteiger partial charge in [-0.3, -0.25) is 19.3 Å². The number of carbonyl (C=O) groups excluding carboxylic acids is 3. The summed E-state index contributed by atoms with van der Waals surface area (Å²) in [5.41, 5.74) is 0.394. The predicted octanol–water partition coefficient (Wildman–Crippen LogP) is 3.06. The first kappa shape index (κ1) is 24.3. The van der Waals surface area contributed by atoms with Gasteiger partial charge in [0.15, 0.2) is 0 Å². The Morgan fingerprint density at radius 2 is 1.77 bits per heavy atom. The van der Waals surface area contributed by atoms with Crippen molar-refractivity contribution in [1.82, 2.24) is 14.7 Å². The Morgan fingerprint density at radius 1 is 1.10 bits per heavy atom. The lowest BCUT2D eigenvalue weighted by atomic mass is 9.96. The third-order valence-corrected chi connectivity index (χ3v) is 6.52. The summed E-state index contributed by atoms with van der Waals surface area (Å²) in [6.45, 7) is 16.1. The lowest BCUT2D eigenvalue weighted by Gasteiger charge is -2.25. The van der Waals surface area contributed by atoms with Crippen molar-refractivity contribution in [2.24, 2.45) is 5.41 Å². The molecule has 1 aromatic heterocycles. The monoisotopic (exact) mass is 436 g/mol. The molecule has 0 radical (unpaired) electrons. The van der Waals surface area contributed by atoms with Gasteiger partial charge in [-0.2, -0.15) is 0 Å². The lowest BCUT2D eigenvalue weighted by Crippen LogP contribution is -2.42. The van der Waals surface area contributed by atoms with E-state index in [1.807, 2.05) is 57.4 Å². The molecule has 1 saturated heterocycles. The van der Waals surface area contributed by atoms with E-state index < -0.39 is 5.41 Å². The number of carbonyl (C=O) groups is 3. The largest absolute Gasteiger partial charge is 0.342 e. The fourth-order valence-corrected chi connectivity index (χ4v) is 4.43. The Labute approximate surface area is 184 Å². The molecule has 3 amide bonds. The molecule has 0 unspecified atom stereocenters. The van der Waals surface area contributed by atoms with Crippen molar-refractivity contribution >= 4 is 34.1 Å². The Morgan fingerprint density at radius 3 is 2.37 bits per heavy atom. The van der Waals surface area contributed by atoms with Gasteiger partial charge in [0, 0.05) is 44.7 Å². The van der Waals surface area contributed by atoms with Crippen molar-refractivity contribution in [3.8, 4) is 0 Å². The van der Waals surface area contributed by atoms with Crippen LogP contribution in [-0.2, 0) is 9.59 Å². The average molecular weight is 437 g/mol. The van der Waals surface area contributed by atoms with E-state index in [0.29, 0.717) is 36.1 Å². The van der Waals surface area contributed by atoms with Gasteiger partial charge in [0.2, 0.25) is 11.8 Å². The van der Waals surface area contributed by atoms with Crippen molar-refractivity contribution in [3.05, 3.63) is 16.5 Å². The van der Waals surface area contributed by atoms with Crippen molar-refractivity contribution in [2.75, 3.05) is 51.1 Å². The zero-order chi connectivity index (χ0) is 22.5. The standard InChI is InChI=1S/C22H36N4O3S/c1-7-25(8-2)18(27)15-24-10-9-11-26(13-12-24)20(28)19-16(3)14-17(30-19)23-21(29)22(4,5)6/h14H,7-13,15H2,1-6H3,(H,23,29). The molecule has 0 bridgehead atoms. The van der Waals surface area contributed by atoms with Gasteiger partial charge in [0.1, 0.15) is 0 Å². The molecule has 0 aromatic carbocycles. The van der Waals surface area contributed by atoms with E-state index in [2.05, 4.69) is 10.2 Å². The third-order valence-electron chi connectivity index (χ3n) is 5.38. The SMILES string of the molecule is CCN(CC)C(=O)CN1CCCN(C(=O)c2sc(NC(=O)C(C)(C)C)cc2C)CC1. The van der Waals surface area contributed by atoms with Crippen LogP contribution in [0.2, 0.25) is 0 Å². The second kappa shape index (κ2) is 10.4. The van der Waals surface area contributed by atoms with Gasteiger partial charge in [-0.05, 0) is 38.8 Å². The van der Waals surface area contributed by atoms with Crippen molar-refractivity contribution in [2.45, 2.75) is 48.0 Å². The summed E-state index contributed by atoms with van der Waals surface area (Å²) in [5.74, 6) is 0.0878. The number of aryl methyl sites for hydroxylation is 1. The molecule has 7 nitrogen and oxygen atoms in total. The summed E-state index contributed by atoms with van der Waals surface area (Å²) in [6.07, 6.45) is 0.843. The summed E-state index contributed by atoms with van der Waals surface area (Å²) in [7, 11) is 0. The van der Waals surface area contributed by atoms with Gasteiger partial charge in [0.05, 0.1) is 16.4 Å². The maximum absolute atomic E-state index is 13.1. The highest BCUT2D eigenvalue weighted by atomic mass is 32.1. The summed E-state index contributed by atoms with van der Waals surface area (Å²) in [5, 5.41) is 3.63. The van der Waals surface area contributed by atoms with Crippen molar-refractivity contribution < 1.29 is 14.4 Å². The minimum Gasteiger partial charge on any atom is -0.342 e.